The van der Waals surface area contributed by atoms with Crippen LogP contribution in [0.1, 0.15) is 26.7 Å². The van der Waals surface area contributed by atoms with Gasteiger partial charge in [0.2, 0.25) is 5.91 Å². The molecule has 1 atom stereocenters. The number of amides is 1. The average Bonchev–Trinajstić information content (AvgIpc) is 2.37. The zero-order valence-corrected chi connectivity index (χ0v) is 14.3. The number of nitrogens with zero attached hydrogens (tertiary/aromatic N) is 1. The van der Waals surface area contributed by atoms with E-state index < -0.39 is 5.54 Å². The zero-order valence-electron chi connectivity index (χ0n) is 12.8. The Kier molecular flexibility index (Phi) is 8.71. The Morgan fingerprint density at radius 1 is 1.48 bits per heavy atom. The number of rotatable bonds is 7. The van der Waals surface area contributed by atoms with Crippen molar-refractivity contribution in [3.05, 3.63) is 29.3 Å². The van der Waals surface area contributed by atoms with Crippen molar-refractivity contribution >= 4 is 29.9 Å². The summed E-state index contributed by atoms with van der Waals surface area (Å²) in [7, 11) is 1.74. The Balaban J connectivity index is 0.00000400. The van der Waals surface area contributed by atoms with Gasteiger partial charge in [-0.25, -0.2) is 0 Å². The highest BCUT2D eigenvalue weighted by atomic mass is 35.5. The van der Waals surface area contributed by atoms with Gasteiger partial charge in [-0.05, 0) is 31.5 Å². The molecule has 6 heteroatoms. The van der Waals surface area contributed by atoms with Gasteiger partial charge in [-0.1, -0.05) is 31.0 Å². The van der Waals surface area contributed by atoms with Gasteiger partial charge in [-0.2, -0.15) is 0 Å². The van der Waals surface area contributed by atoms with Gasteiger partial charge in [0.1, 0.15) is 12.4 Å². The van der Waals surface area contributed by atoms with Crippen LogP contribution in [0.25, 0.3) is 0 Å². The standard InChI is InChI=1S/C15H23ClN2O2.ClH/c1-4-8-15(2,17)14(19)18(3)9-10-20-13-7-5-6-12(16)11-13;/h5-7,11H,4,8-10,17H2,1-3H3;1H. The van der Waals surface area contributed by atoms with E-state index >= 15 is 0 Å². The number of carbonyl (C=O) groups is 1. The summed E-state index contributed by atoms with van der Waals surface area (Å²) in [6.45, 7) is 4.68. The molecule has 0 bridgehead atoms. The van der Waals surface area contributed by atoms with E-state index in [9.17, 15) is 4.79 Å². The molecule has 0 aliphatic rings. The number of halogens is 2. The van der Waals surface area contributed by atoms with Gasteiger partial charge in [-0.3, -0.25) is 4.79 Å². The maximum absolute atomic E-state index is 12.2. The first-order valence-electron chi connectivity index (χ1n) is 6.79. The van der Waals surface area contributed by atoms with Gasteiger partial charge in [0.25, 0.3) is 0 Å². The molecule has 0 aromatic heterocycles. The molecule has 21 heavy (non-hydrogen) atoms. The lowest BCUT2D eigenvalue weighted by atomic mass is 9.96. The molecule has 1 rings (SSSR count). The lowest BCUT2D eigenvalue weighted by Gasteiger charge is -2.28. The van der Waals surface area contributed by atoms with Crippen LogP contribution in [0.4, 0.5) is 0 Å². The molecule has 1 amide bonds. The van der Waals surface area contributed by atoms with Gasteiger partial charge < -0.3 is 15.4 Å². The summed E-state index contributed by atoms with van der Waals surface area (Å²) in [5.74, 6) is 0.636. The van der Waals surface area contributed by atoms with Gasteiger partial charge >= 0.3 is 0 Å². The van der Waals surface area contributed by atoms with Crippen LogP contribution in [-0.4, -0.2) is 36.5 Å². The Morgan fingerprint density at radius 2 is 2.14 bits per heavy atom. The molecule has 0 fully saturated rings. The van der Waals surface area contributed by atoms with Crippen molar-refractivity contribution in [1.29, 1.82) is 0 Å². The SMILES string of the molecule is CCCC(C)(N)C(=O)N(C)CCOc1cccc(Cl)c1.Cl. The van der Waals surface area contributed by atoms with E-state index in [1.807, 2.05) is 19.1 Å². The maximum Gasteiger partial charge on any atom is 0.242 e. The third-order valence-electron chi connectivity index (χ3n) is 3.10. The quantitative estimate of drug-likeness (QED) is 0.833. The van der Waals surface area contributed by atoms with E-state index in [2.05, 4.69) is 0 Å². The topological polar surface area (TPSA) is 55.6 Å². The van der Waals surface area contributed by atoms with Crippen molar-refractivity contribution in [1.82, 2.24) is 4.90 Å². The molecule has 4 nitrogen and oxygen atoms in total. The van der Waals surface area contributed by atoms with E-state index in [4.69, 9.17) is 22.1 Å². The number of ether oxygens (including phenoxy) is 1. The van der Waals surface area contributed by atoms with E-state index in [-0.39, 0.29) is 18.3 Å². The van der Waals surface area contributed by atoms with E-state index in [0.717, 1.165) is 6.42 Å². The van der Waals surface area contributed by atoms with Crippen LogP contribution in [0.15, 0.2) is 24.3 Å². The molecular formula is C15H24Cl2N2O2. The summed E-state index contributed by atoms with van der Waals surface area (Å²) in [4.78, 5) is 13.8. The maximum atomic E-state index is 12.2. The molecule has 0 saturated carbocycles. The Labute approximate surface area is 138 Å². The van der Waals surface area contributed by atoms with Gasteiger partial charge in [0.15, 0.2) is 0 Å². The van der Waals surface area contributed by atoms with Crippen LogP contribution >= 0.6 is 24.0 Å². The number of nitrogens with two attached hydrogens (primary N) is 1. The fraction of sp³-hybridized carbons (Fsp3) is 0.533. The normalized spacial score (nSPS) is 13.0. The van der Waals surface area contributed by atoms with Crippen LogP contribution in [0.3, 0.4) is 0 Å². The molecule has 2 N–H and O–H groups in total. The van der Waals surface area contributed by atoms with Crippen LogP contribution < -0.4 is 10.5 Å². The molecule has 0 saturated heterocycles. The molecule has 1 aromatic carbocycles. The highest BCUT2D eigenvalue weighted by Gasteiger charge is 2.29. The Hall–Kier alpha value is -0.970. The van der Waals surface area contributed by atoms with Crippen molar-refractivity contribution in [2.45, 2.75) is 32.2 Å². The van der Waals surface area contributed by atoms with E-state index in [0.29, 0.717) is 30.3 Å². The molecule has 0 aliphatic heterocycles. The number of likely N-dealkylation sites (N-methyl/N-ethyl adjacent to an activating group) is 1. The van der Waals surface area contributed by atoms with Crippen LogP contribution in [0.5, 0.6) is 5.75 Å². The first kappa shape index (κ1) is 20.0. The molecule has 0 spiro atoms. The lowest BCUT2D eigenvalue weighted by Crippen LogP contribution is -2.52. The van der Waals surface area contributed by atoms with E-state index in [1.165, 1.54) is 0 Å². The van der Waals surface area contributed by atoms with Crippen molar-refractivity contribution in [3.63, 3.8) is 0 Å². The molecule has 0 heterocycles. The van der Waals surface area contributed by atoms with Gasteiger partial charge in [0.05, 0.1) is 12.1 Å². The summed E-state index contributed by atoms with van der Waals surface area (Å²) < 4.78 is 5.56. The number of carbonyl (C=O) groups excluding carboxylic acids is 1. The number of hydrogen-bond donors (Lipinski definition) is 1. The zero-order chi connectivity index (χ0) is 15.2. The Bertz CT molecular complexity index is 453. The fourth-order valence-corrected chi connectivity index (χ4v) is 2.20. The number of hydrogen-bond acceptors (Lipinski definition) is 3. The predicted molar refractivity (Wildman–Crippen MR) is 89.3 cm³/mol. The molecule has 1 aromatic rings. The van der Waals surface area contributed by atoms with Crippen molar-refractivity contribution in [3.8, 4) is 5.75 Å². The molecular weight excluding hydrogens is 311 g/mol. The second-order valence-electron chi connectivity index (χ2n) is 5.20. The molecule has 120 valence electrons. The predicted octanol–water partition coefficient (Wildman–Crippen LogP) is 3.12. The summed E-state index contributed by atoms with van der Waals surface area (Å²) in [5, 5.41) is 0.629. The first-order chi connectivity index (χ1) is 9.36. The minimum Gasteiger partial charge on any atom is -0.492 e. The van der Waals surface area contributed by atoms with Crippen LogP contribution in [0.2, 0.25) is 5.02 Å². The largest absolute Gasteiger partial charge is 0.492 e. The minimum absolute atomic E-state index is 0. The number of benzene rings is 1. The fourth-order valence-electron chi connectivity index (χ4n) is 2.02. The summed E-state index contributed by atoms with van der Waals surface area (Å²) in [5.41, 5.74) is 5.22. The van der Waals surface area contributed by atoms with Crippen molar-refractivity contribution in [2.24, 2.45) is 5.73 Å². The third-order valence-corrected chi connectivity index (χ3v) is 3.33. The summed E-state index contributed by atoms with van der Waals surface area (Å²) in [6.07, 6.45) is 1.55. The lowest BCUT2D eigenvalue weighted by molar-refractivity contribution is -0.135. The second kappa shape index (κ2) is 9.13. The summed E-state index contributed by atoms with van der Waals surface area (Å²) in [6, 6.07) is 7.19. The van der Waals surface area contributed by atoms with Gasteiger partial charge in [0, 0.05) is 12.1 Å². The van der Waals surface area contributed by atoms with Crippen LogP contribution in [-0.2, 0) is 4.79 Å². The van der Waals surface area contributed by atoms with Crippen molar-refractivity contribution < 1.29 is 9.53 Å². The summed E-state index contributed by atoms with van der Waals surface area (Å²) >= 11 is 5.87. The smallest absolute Gasteiger partial charge is 0.242 e. The third kappa shape index (κ3) is 6.55. The molecule has 1 unspecified atom stereocenters. The highest BCUT2D eigenvalue weighted by Crippen LogP contribution is 2.17. The average molecular weight is 335 g/mol. The molecule has 0 aliphatic carbocycles. The van der Waals surface area contributed by atoms with Crippen LogP contribution in [0, 0.1) is 0 Å². The highest BCUT2D eigenvalue weighted by molar-refractivity contribution is 6.30. The van der Waals surface area contributed by atoms with Gasteiger partial charge in [-0.15, -0.1) is 12.4 Å². The molecule has 0 radical (unpaired) electrons. The first-order valence-corrected chi connectivity index (χ1v) is 7.17. The minimum atomic E-state index is -0.806. The van der Waals surface area contributed by atoms with E-state index in [1.54, 1.807) is 31.0 Å². The second-order valence-corrected chi connectivity index (χ2v) is 5.64. The van der Waals surface area contributed by atoms with Crippen molar-refractivity contribution in [2.75, 3.05) is 20.2 Å². The Morgan fingerprint density at radius 3 is 2.71 bits per heavy atom. The monoisotopic (exact) mass is 334 g/mol.